The Hall–Kier alpha value is -0.690. The second-order valence-corrected chi connectivity index (χ2v) is 4.10. The molecule has 0 saturated heterocycles. The molecule has 0 aliphatic rings. The molecule has 0 heterocycles. The van der Waals surface area contributed by atoms with Gasteiger partial charge in [0.1, 0.15) is 5.75 Å². The van der Waals surface area contributed by atoms with Crippen molar-refractivity contribution in [3.05, 3.63) is 28.3 Å². The summed E-state index contributed by atoms with van der Waals surface area (Å²) in [5, 5.41) is 0.845. The van der Waals surface area contributed by atoms with E-state index in [1.165, 1.54) is 5.56 Å². The molecular weight excluding hydrogens is 196 g/mol. The van der Waals surface area contributed by atoms with E-state index in [4.69, 9.17) is 16.3 Å². The highest BCUT2D eigenvalue weighted by Crippen LogP contribution is 2.31. The minimum Gasteiger partial charge on any atom is -0.496 e. The fraction of sp³-hybridized carbons (Fsp3) is 0.500. The van der Waals surface area contributed by atoms with Gasteiger partial charge in [-0.15, -0.1) is 0 Å². The smallest absolute Gasteiger partial charge is 0.122 e. The number of hydrogen-bond acceptors (Lipinski definition) is 1. The molecule has 2 heteroatoms. The molecule has 0 fully saturated rings. The second kappa shape index (κ2) is 4.70. The van der Waals surface area contributed by atoms with Crippen LogP contribution in [-0.2, 0) is 6.42 Å². The lowest BCUT2D eigenvalue weighted by Gasteiger charge is -2.13. The van der Waals surface area contributed by atoms with E-state index in [1.807, 2.05) is 12.1 Å². The van der Waals surface area contributed by atoms with E-state index in [-0.39, 0.29) is 0 Å². The molecule has 1 nitrogen and oxygen atoms in total. The number of methoxy groups -OCH3 is 1. The Bertz CT molecular complexity index is 318. The molecular formula is C12H17ClO. The monoisotopic (exact) mass is 212 g/mol. The highest BCUT2D eigenvalue weighted by atomic mass is 35.5. The van der Waals surface area contributed by atoms with Crippen LogP contribution in [0.5, 0.6) is 5.75 Å². The van der Waals surface area contributed by atoms with Crippen molar-refractivity contribution in [1.82, 2.24) is 0 Å². The summed E-state index contributed by atoms with van der Waals surface area (Å²) >= 11 is 6.18. The first-order chi connectivity index (χ1) is 6.60. The van der Waals surface area contributed by atoms with Gasteiger partial charge in [-0.2, -0.15) is 0 Å². The summed E-state index contributed by atoms with van der Waals surface area (Å²) in [6.07, 6.45) is 0.946. The average molecular weight is 213 g/mol. The zero-order valence-electron chi connectivity index (χ0n) is 9.23. The van der Waals surface area contributed by atoms with Gasteiger partial charge in [-0.1, -0.05) is 32.4 Å². The predicted molar refractivity (Wildman–Crippen MR) is 61.5 cm³/mol. The molecule has 14 heavy (non-hydrogen) atoms. The summed E-state index contributed by atoms with van der Waals surface area (Å²) in [4.78, 5) is 0. The first-order valence-electron chi connectivity index (χ1n) is 4.96. The molecule has 1 aromatic rings. The van der Waals surface area contributed by atoms with E-state index in [2.05, 4.69) is 20.8 Å². The summed E-state index contributed by atoms with van der Waals surface area (Å²) in [7, 11) is 1.70. The van der Waals surface area contributed by atoms with Crippen LogP contribution in [0.4, 0.5) is 0 Å². The molecule has 0 radical (unpaired) electrons. The number of aryl methyl sites for hydroxylation is 1. The van der Waals surface area contributed by atoms with E-state index >= 15 is 0 Å². The third-order valence-electron chi connectivity index (χ3n) is 2.40. The molecule has 78 valence electrons. The largest absolute Gasteiger partial charge is 0.496 e. The Kier molecular flexibility index (Phi) is 3.82. The predicted octanol–water partition coefficient (Wildman–Crippen LogP) is 4.03. The Morgan fingerprint density at radius 3 is 2.43 bits per heavy atom. The Morgan fingerprint density at radius 1 is 1.36 bits per heavy atom. The van der Waals surface area contributed by atoms with Crippen molar-refractivity contribution in [3.8, 4) is 5.75 Å². The van der Waals surface area contributed by atoms with Crippen molar-refractivity contribution >= 4 is 11.6 Å². The lowest BCUT2D eigenvalue weighted by molar-refractivity contribution is 0.409. The lowest BCUT2D eigenvalue weighted by Crippen LogP contribution is -1.96. The number of hydrogen-bond donors (Lipinski definition) is 0. The molecule has 0 saturated carbocycles. The van der Waals surface area contributed by atoms with Crippen LogP contribution in [0.1, 0.15) is 37.8 Å². The third kappa shape index (κ3) is 2.21. The summed E-state index contributed by atoms with van der Waals surface area (Å²) in [6, 6.07) is 4.06. The Labute approximate surface area is 91.0 Å². The van der Waals surface area contributed by atoms with Gasteiger partial charge < -0.3 is 4.74 Å². The molecule has 0 aliphatic heterocycles. The first-order valence-corrected chi connectivity index (χ1v) is 5.34. The maximum Gasteiger partial charge on any atom is 0.122 e. The fourth-order valence-corrected chi connectivity index (χ4v) is 1.92. The van der Waals surface area contributed by atoms with Crippen molar-refractivity contribution in [2.24, 2.45) is 0 Å². The lowest BCUT2D eigenvalue weighted by atomic mass is 10.00. The number of rotatable bonds is 3. The summed E-state index contributed by atoms with van der Waals surface area (Å²) in [6.45, 7) is 6.36. The minimum atomic E-state index is 0.433. The van der Waals surface area contributed by atoms with E-state index in [9.17, 15) is 0 Å². The zero-order chi connectivity index (χ0) is 10.7. The maximum atomic E-state index is 6.18. The van der Waals surface area contributed by atoms with Gasteiger partial charge in [0, 0.05) is 5.02 Å². The van der Waals surface area contributed by atoms with Crippen molar-refractivity contribution < 1.29 is 4.74 Å². The number of benzene rings is 1. The second-order valence-electron chi connectivity index (χ2n) is 3.69. The van der Waals surface area contributed by atoms with E-state index in [0.717, 1.165) is 22.8 Å². The molecule has 0 aliphatic carbocycles. The average Bonchev–Trinajstić information content (AvgIpc) is 2.16. The molecule has 0 bridgehead atoms. The zero-order valence-corrected chi connectivity index (χ0v) is 9.98. The first kappa shape index (κ1) is 11.4. The molecule has 1 rings (SSSR count). The van der Waals surface area contributed by atoms with Crippen LogP contribution in [0, 0.1) is 0 Å². The van der Waals surface area contributed by atoms with Gasteiger partial charge in [0.25, 0.3) is 0 Å². The molecule has 0 unspecified atom stereocenters. The van der Waals surface area contributed by atoms with Gasteiger partial charge in [0.05, 0.1) is 7.11 Å². The van der Waals surface area contributed by atoms with Crippen LogP contribution in [-0.4, -0.2) is 7.11 Å². The summed E-state index contributed by atoms with van der Waals surface area (Å²) < 4.78 is 5.32. The molecule has 0 spiro atoms. The van der Waals surface area contributed by atoms with Crippen molar-refractivity contribution in [3.63, 3.8) is 0 Å². The molecule has 1 aromatic carbocycles. The van der Waals surface area contributed by atoms with E-state index < -0.39 is 0 Å². The van der Waals surface area contributed by atoms with E-state index in [1.54, 1.807) is 7.11 Å². The van der Waals surface area contributed by atoms with Crippen LogP contribution in [0.15, 0.2) is 12.1 Å². The van der Waals surface area contributed by atoms with Gasteiger partial charge >= 0.3 is 0 Å². The number of halogens is 1. The van der Waals surface area contributed by atoms with Gasteiger partial charge in [-0.3, -0.25) is 0 Å². The quantitative estimate of drug-likeness (QED) is 0.735. The summed E-state index contributed by atoms with van der Waals surface area (Å²) in [5.41, 5.74) is 2.32. The highest BCUT2D eigenvalue weighted by Gasteiger charge is 2.10. The fourth-order valence-electron chi connectivity index (χ4n) is 1.52. The van der Waals surface area contributed by atoms with Crippen LogP contribution in [0.25, 0.3) is 0 Å². The molecule has 0 amide bonds. The van der Waals surface area contributed by atoms with Crippen molar-refractivity contribution in [2.45, 2.75) is 33.1 Å². The third-order valence-corrected chi connectivity index (χ3v) is 2.73. The summed E-state index contributed by atoms with van der Waals surface area (Å²) in [5.74, 6) is 1.38. The van der Waals surface area contributed by atoms with E-state index in [0.29, 0.717) is 5.92 Å². The van der Waals surface area contributed by atoms with Gasteiger partial charge in [0.15, 0.2) is 0 Å². The molecule has 0 aromatic heterocycles. The van der Waals surface area contributed by atoms with Crippen LogP contribution in [0.2, 0.25) is 5.02 Å². The highest BCUT2D eigenvalue weighted by molar-refractivity contribution is 6.31. The van der Waals surface area contributed by atoms with Crippen LogP contribution >= 0.6 is 11.6 Å². The Balaban J connectivity index is 3.23. The standard InChI is InChI=1S/C12H17ClO/c1-5-9-6-11(13)10(8(2)3)7-12(9)14-4/h6-8H,5H2,1-4H3. The molecule has 0 atom stereocenters. The SMILES string of the molecule is CCc1cc(Cl)c(C(C)C)cc1OC. The van der Waals surface area contributed by atoms with Gasteiger partial charge in [-0.25, -0.2) is 0 Å². The van der Waals surface area contributed by atoms with Crippen LogP contribution in [0.3, 0.4) is 0 Å². The van der Waals surface area contributed by atoms with Gasteiger partial charge in [-0.05, 0) is 35.6 Å². The van der Waals surface area contributed by atoms with Crippen LogP contribution < -0.4 is 4.74 Å². The Morgan fingerprint density at radius 2 is 2.00 bits per heavy atom. The molecule has 0 N–H and O–H groups in total. The van der Waals surface area contributed by atoms with Gasteiger partial charge in [0.2, 0.25) is 0 Å². The maximum absolute atomic E-state index is 6.18. The van der Waals surface area contributed by atoms with Crippen molar-refractivity contribution in [1.29, 1.82) is 0 Å². The van der Waals surface area contributed by atoms with Crippen molar-refractivity contribution in [2.75, 3.05) is 7.11 Å². The normalized spacial score (nSPS) is 10.7. The number of ether oxygens (including phenoxy) is 1. The topological polar surface area (TPSA) is 9.23 Å². The minimum absolute atomic E-state index is 0.433.